The molecule has 2 aliphatic rings. The molecule has 3 amide bonds. The molecule has 47 heavy (non-hydrogen) atoms. The van der Waals surface area contributed by atoms with Gasteiger partial charge in [-0.3, -0.25) is 9.69 Å². The normalized spacial score (nSPS) is 18.1. The molecule has 3 N–H and O–H groups in total. The highest BCUT2D eigenvalue weighted by atomic mass is 35.5. The summed E-state index contributed by atoms with van der Waals surface area (Å²) >= 11 is 6.30. The number of rotatable bonds is 10. The fraction of sp³-hybridized carbons (Fsp3) is 0.343. The lowest BCUT2D eigenvalue weighted by molar-refractivity contribution is -0.128. The van der Waals surface area contributed by atoms with Crippen molar-refractivity contribution in [2.24, 2.45) is 0 Å². The van der Waals surface area contributed by atoms with Gasteiger partial charge in [-0.2, -0.15) is 0 Å². The van der Waals surface area contributed by atoms with Crippen LogP contribution >= 0.6 is 11.6 Å². The highest BCUT2D eigenvalue weighted by Gasteiger charge is 2.48. The van der Waals surface area contributed by atoms with E-state index in [1.165, 1.54) is 16.8 Å². The van der Waals surface area contributed by atoms with E-state index in [2.05, 4.69) is 0 Å². The first-order chi connectivity index (χ1) is 22.4. The number of carbonyl (C=O) groups is 3. The third kappa shape index (κ3) is 7.47. The molecule has 0 aliphatic carbocycles. The minimum absolute atomic E-state index is 0.0165. The summed E-state index contributed by atoms with van der Waals surface area (Å²) < 4.78 is 11.7. The van der Waals surface area contributed by atoms with Crippen LogP contribution in [-0.2, 0) is 4.79 Å². The molecule has 12 heteroatoms. The number of piperazine rings is 1. The summed E-state index contributed by atoms with van der Waals surface area (Å²) in [5, 5.41) is 31.3. The van der Waals surface area contributed by atoms with Gasteiger partial charge < -0.3 is 34.6 Å². The predicted octanol–water partition coefficient (Wildman–Crippen LogP) is 5.47. The number of carboxylic acid groups (broad SMARTS) is 2. The van der Waals surface area contributed by atoms with Crippen LogP contribution in [-0.4, -0.2) is 100 Å². The molecular formula is C35H38ClN3O8. The maximum Gasteiger partial charge on any atom is 0.408 e. The number of hydrogen-bond donors (Lipinski definition) is 3. The summed E-state index contributed by atoms with van der Waals surface area (Å²) in [6.45, 7) is 4.23. The van der Waals surface area contributed by atoms with Gasteiger partial charge in [-0.05, 0) is 72.4 Å². The number of carbonyl (C=O) groups excluding carboxylic acids is 1. The lowest BCUT2D eigenvalue weighted by Gasteiger charge is -2.49. The molecule has 248 valence electrons. The van der Waals surface area contributed by atoms with E-state index in [9.17, 15) is 29.7 Å². The number of ether oxygens (including phenoxy) is 2. The second-order valence-electron chi connectivity index (χ2n) is 11.8. The van der Waals surface area contributed by atoms with E-state index in [0.29, 0.717) is 33.2 Å². The predicted molar refractivity (Wildman–Crippen MR) is 176 cm³/mol. The number of aliphatic hydroxyl groups excluding tert-OH is 1. The van der Waals surface area contributed by atoms with Gasteiger partial charge >= 0.3 is 12.2 Å². The first-order valence-corrected chi connectivity index (χ1v) is 15.7. The molecule has 2 bridgehead atoms. The number of aryl methyl sites for hydroxylation is 2. The topological polar surface area (TPSA) is 140 Å². The molecule has 0 saturated carbocycles. The van der Waals surface area contributed by atoms with Gasteiger partial charge in [0.15, 0.2) is 0 Å². The molecule has 0 unspecified atom stereocenters. The van der Waals surface area contributed by atoms with Crippen molar-refractivity contribution >= 4 is 35.3 Å². The maximum absolute atomic E-state index is 14.1. The molecule has 2 aliphatic heterocycles. The van der Waals surface area contributed by atoms with Crippen molar-refractivity contribution in [1.29, 1.82) is 0 Å². The first-order valence-electron chi connectivity index (χ1n) is 15.3. The quantitative estimate of drug-likeness (QED) is 0.243. The second-order valence-corrected chi connectivity index (χ2v) is 12.3. The van der Waals surface area contributed by atoms with E-state index in [4.69, 9.17) is 21.1 Å². The number of likely N-dealkylation sites (N-methyl/N-ethyl adjacent to an activating group) is 1. The average molecular weight is 664 g/mol. The first kappa shape index (κ1) is 33.6. The standard InChI is InChI=1S/C35H38ClN3O8/c1-21-15-28(36)31(16-22(21)2)47-14-13-46-26-11-9-23(10-12-26)27-17-25-18-38(34(42)43)19-29(39(25)35(44)45)32(27)33(41)37(3)20-30(40)24-7-5-4-6-8-24/h4-12,15-16,25,29-30,40H,13-14,17-20H2,1-3H3,(H,42,43)(H,44,45)/t25-,29-,30-/m1/s1. The molecule has 3 atom stereocenters. The third-order valence-electron chi connectivity index (χ3n) is 8.71. The highest BCUT2D eigenvalue weighted by molar-refractivity contribution is 6.32. The van der Waals surface area contributed by atoms with Crippen LogP contribution in [0.3, 0.4) is 0 Å². The number of amides is 3. The van der Waals surface area contributed by atoms with Crippen LogP contribution in [0.1, 0.15) is 34.8 Å². The molecule has 1 fully saturated rings. The molecule has 3 aromatic carbocycles. The molecule has 2 heterocycles. The lowest BCUT2D eigenvalue weighted by Crippen LogP contribution is -2.64. The van der Waals surface area contributed by atoms with E-state index in [1.807, 2.05) is 32.0 Å². The molecule has 0 radical (unpaired) electrons. The Hall–Kier alpha value is -4.74. The third-order valence-corrected chi connectivity index (χ3v) is 9.01. The molecule has 11 nitrogen and oxygen atoms in total. The average Bonchev–Trinajstić information content (AvgIpc) is 3.04. The molecule has 5 rings (SSSR count). The number of aliphatic hydroxyl groups is 1. The summed E-state index contributed by atoms with van der Waals surface area (Å²) in [6, 6.07) is 18.1. The molecule has 0 spiro atoms. The molecular weight excluding hydrogens is 626 g/mol. The fourth-order valence-electron chi connectivity index (χ4n) is 6.16. The van der Waals surface area contributed by atoms with Crippen LogP contribution in [0.25, 0.3) is 5.57 Å². The fourth-order valence-corrected chi connectivity index (χ4v) is 6.43. The largest absolute Gasteiger partial charge is 0.490 e. The molecule has 1 saturated heterocycles. The number of halogens is 1. The van der Waals surface area contributed by atoms with Gasteiger partial charge in [-0.15, -0.1) is 0 Å². The Kier molecular flexibility index (Phi) is 10.3. The van der Waals surface area contributed by atoms with Crippen molar-refractivity contribution in [3.05, 3.63) is 99.6 Å². The van der Waals surface area contributed by atoms with Crippen LogP contribution in [0.2, 0.25) is 5.02 Å². The summed E-state index contributed by atoms with van der Waals surface area (Å²) in [4.78, 5) is 42.3. The second kappa shape index (κ2) is 14.4. The number of hydrogen-bond acceptors (Lipinski definition) is 6. The van der Waals surface area contributed by atoms with Crippen LogP contribution in [0.15, 0.2) is 72.3 Å². The monoisotopic (exact) mass is 663 g/mol. The van der Waals surface area contributed by atoms with Gasteiger partial charge in [0.1, 0.15) is 24.7 Å². The number of nitrogens with zero attached hydrogens (tertiary/aromatic N) is 3. The van der Waals surface area contributed by atoms with Gasteiger partial charge in [0.2, 0.25) is 0 Å². The smallest absolute Gasteiger partial charge is 0.408 e. The Morgan fingerprint density at radius 3 is 2.26 bits per heavy atom. The summed E-state index contributed by atoms with van der Waals surface area (Å²) in [5.74, 6) is 0.665. The van der Waals surface area contributed by atoms with Gasteiger partial charge in [0.25, 0.3) is 5.91 Å². The Balaban J connectivity index is 1.39. The van der Waals surface area contributed by atoms with Crippen LogP contribution in [0.5, 0.6) is 11.5 Å². The maximum atomic E-state index is 14.1. The zero-order valence-electron chi connectivity index (χ0n) is 26.4. The van der Waals surface area contributed by atoms with Crippen molar-refractivity contribution in [1.82, 2.24) is 14.7 Å². The summed E-state index contributed by atoms with van der Waals surface area (Å²) in [6.07, 6.45) is -3.25. The van der Waals surface area contributed by atoms with Gasteiger partial charge in [0, 0.05) is 25.7 Å². The number of fused-ring (bicyclic) bond motifs is 2. The van der Waals surface area contributed by atoms with Crippen molar-refractivity contribution in [3.8, 4) is 11.5 Å². The van der Waals surface area contributed by atoms with Crippen molar-refractivity contribution < 1.29 is 39.2 Å². The molecule has 0 aromatic heterocycles. The van der Waals surface area contributed by atoms with Gasteiger partial charge in [-0.25, -0.2) is 9.59 Å². The van der Waals surface area contributed by atoms with Gasteiger partial charge in [0.05, 0.1) is 29.8 Å². The number of benzene rings is 3. The Morgan fingerprint density at radius 2 is 1.60 bits per heavy atom. The summed E-state index contributed by atoms with van der Waals surface area (Å²) in [5.41, 5.74) is 4.29. The molecule has 3 aromatic rings. The summed E-state index contributed by atoms with van der Waals surface area (Å²) in [7, 11) is 1.54. The minimum atomic E-state index is -1.23. The van der Waals surface area contributed by atoms with E-state index < -0.39 is 36.3 Å². The zero-order valence-corrected chi connectivity index (χ0v) is 27.2. The highest BCUT2D eigenvalue weighted by Crippen LogP contribution is 2.40. The lowest BCUT2D eigenvalue weighted by atomic mass is 9.81. The van der Waals surface area contributed by atoms with Crippen molar-refractivity contribution in [2.45, 2.75) is 38.5 Å². The van der Waals surface area contributed by atoms with E-state index in [0.717, 1.165) is 16.0 Å². The Bertz CT molecular complexity index is 1660. The van der Waals surface area contributed by atoms with Crippen LogP contribution < -0.4 is 9.47 Å². The Morgan fingerprint density at radius 1 is 0.936 bits per heavy atom. The zero-order chi connectivity index (χ0) is 33.8. The van der Waals surface area contributed by atoms with Crippen LogP contribution in [0, 0.1) is 13.8 Å². The van der Waals surface area contributed by atoms with E-state index in [-0.39, 0.29) is 44.8 Å². The van der Waals surface area contributed by atoms with Crippen LogP contribution in [0.4, 0.5) is 9.59 Å². The Labute approximate surface area is 278 Å². The SMILES string of the molecule is Cc1cc(Cl)c(OCCOc2ccc(C3=C(C(=O)N(C)C[C@@H](O)c4ccccc4)[C@H]4CN(C(=O)O)C[C@@H](C3)N4C(=O)O)cc2)cc1C. The minimum Gasteiger partial charge on any atom is -0.490 e. The van der Waals surface area contributed by atoms with E-state index >= 15 is 0 Å². The van der Waals surface area contributed by atoms with Crippen molar-refractivity contribution in [3.63, 3.8) is 0 Å². The van der Waals surface area contributed by atoms with Crippen molar-refractivity contribution in [2.75, 3.05) is 39.9 Å². The van der Waals surface area contributed by atoms with Gasteiger partial charge in [-0.1, -0.05) is 54.1 Å². The van der Waals surface area contributed by atoms with E-state index in [1.54, 1.807) is 48.5 Å².